The van der Waals surface area contributed by atoms with Crippen molar-refractivity contribution in [1.29, 1.82) is 0 Å². The summed E-state index contributed by atoms with van der Waals surface area (Å²) >= 11 is 0. The molecule has 3 aliphatic rings. The van der Waals surface area contributed by atoms with Crippen LogP contribution in [0.1, 0.15) is 37.6 Å². The summed E-state index contributed by atoms with van der Waals surface area (Å²) in [6, 6.07) is 19.3. The SMILES string of the molecule is CC(C)(C)[SiH](OCC1OC(N2C=CC(NC(=O)c3ccccc3)=NC3OC32)CC1O)c1ccccc1. The van der Waals surface area contributed by atoms with Gasteiger partial charge in [0.05, 0.1) is 12.7 Å². The molecule has 0 aromatic heterocycles. The molecule has 2 aromatic carbocycles. The van der Waals surface area contributed by atoms with E-state index in [1.54, 1.807) is 18.2 Å². The van der Waals surface area contributed by atoms with Crippen LogP contribution >= 0.6 is 0 Å². The zero-order valence-electron chi connectivity index (χ0n) is 20.8. The summed E-state index contributed by atoms with van der Waals surface area (Å²) in [6.07, 6.45) is 1.88. The number of carbonyl (C=O) groups is 1. The van der Waals surface area contributed by atoms with Gasteiger partial charge in [-0.3, -0.25) is 4.79 Å². The van der Waals surface area contributed by atoms with Crippen LogP contribution in [0.2, 0.25) is 5.04 Å². The lowest BCUT2D eigenvalue weighted by Crippen LogP contribution is -2.44. The van der Waals surface area contributed by atoms with Crippen LogP contribution in [0.5, 0.6) is 0 Å². The number of hydrogen-bond acceptors (Lipinski definition) is 7. The number of ether oxygens (including phenoxy) is 2. The molecule has 2 aromatic rings. The third kappa shape index (κ3) is 5.60. The Balaban J connectivity index is 1.20. The van der Waals surface area contributed by atoms with Crippen molar-refractivity contribution in [2.45, 2.75) is 63.1 Å². The number of aliphatic imine (C=N–C) groups is 1. The van der Waals surface area contributed by atoms with E-state index >= 15 is 0 Å². The van der Waals surface area contributed by atoms with E-state index in [0.717, 1.165) is 0 Å². The summed E-state index contributed by atoms with van der Waals surface area (Å²) in [5.74, 6) is 0.199. The lowest BCUT2D eigenvalue weighted by Gasteiger charge is -2.31. The fraction of sp³-hybridized carbons (Fsp3) is 0.407. The maximum atomic E-state index is 12.5. The van der Waals surface area contributed by atoms with Gasteiger partial charge < -0.3 is 29.2 Å². The molecule has 0 saturated carbocycles. The molecule has 6 unspecified atom stereocenters. The average molecular weight is 508 g/mol. The molecule has 36 heavy (non-hydrogen) atoms. The predicted octanol–water partition coefficient (Wildman–Crippen LogP) is 2.25. The molecule has 3 heterocycles. The van der Waals surface area contributed by atoms with E-state index < -0.39 is 27.5 Å². The molecule has 0 bridgehead atoms. The van der Waals surface area contributed by atoms with Crippen molar-refractivity contribution in [1.82, 2.24) is 10.2 Å². The zero-order chi connectivity index (χ0) is 25.3. The first-order valence-electron chi connectivity index (χ1n) is 12.3. The van der Waals surface area contributed by atoms with Gasteiger partial charge in [0.25, 0.3) is 5.91 Å². The molecule has 190 valence electrons. The van der Waals surface area contributed by atoms with E-state index in [1.807, 2.05) is 47.5 Å². The summed E-state index contributed by atoms with van der Waals surface area (Å²) in [6.45, 7) is 6.94. The van der Waals surface area contributed by atoms with Gasteiger partial charge in [0.15, 0.2) is 12.5 Å². The summed E-state index contributed by atoms with van der Waals surface area (Å²) in [5.41, 5.74) is 0.556. The molecule has 2 fully saturated rings. The van der Waals surface area contributed by atoms with Crippen molar-refractivity contribution in [2.24, 2.45) is 4.99 Å². The summed E-state index contributed by atoms with van der Waals surface area (Å²) in [4.78, 5) is 18.9. The van der Waals surface area contributed by atoms with Crippen molar-refractivity contribution >= 4 is 26.0 Å². The van der Waals surface area contributed by atoms with Crippen molar-refractivity contribution in [3.63, 3.8) is 0 Å². The van der Waals surface area contributed by atoms with Crippen molar-refractivity contribution in [2.75, 3.05) is 6.61 Å². The van der Waals surface area contributed by atoms with E-state index in [-0.39, 0.29) is 23.4 Å². The number of carbonyl (C=O) groups excluding carboxylic acids is 1. The molecule has 0 spiro atoms. The van der Waals surface area contributed by atoms with Crippen molar-refractivity contribution < 1.29 is 23.8 Å². The number of fused-ring (bicyclic) bond motifs is 1. The minimum Gasteiger partial charge on any atom is -0.412 e. The number of nitrogens with zero attached hydrogens (tertiary/aromatic N) is 2. The topological polar surface area (TPSA) is 95.9 Å². The zero-order valence-corrected chi connectivity index (χ0v) is 21.9. The van der Waals surface area contributed by atoms with Gasteiger partial charge in [0, 0.05) is 18.2 Å². The highest BCUT2D eigenvalue weighted by Crippen LogP contribution is 2.36. The maximum absolute atomic E-state index is 12.5. The van der Waals surface area contributed by atoms with Crippen LogP contribution < -0.4 is 10.5 Å². The second-order valence-electron chi connectivity index (χ2n) is 10.4. The van der Waals surface area contributed by atoms with Gasteiger partial charge in [-0.05, 0) is 28.4 Å². The molecule has 3 aliphatic heterocycles. The van der Waals surface area contributed by atoms with Crippen LogP contribution in [0.15, 0.2) is 77.9 Å². The van der Waals surface area contributed by atoms with Gasteiger partial charge in [-0.2, -0.15) is 0 Å². The first-order valence-corrected chi connectivity index (χ1v) is 14.0. The minimum atomic E-state index is -1.78. The summed E-state index contributed by atoms with van der Waals surface area (Å²) in [7, 11) is -1.78. The van der Waals surface area contributed by atoms with Gasteiger partial charge in [-0.15, -0.1) is 0 Å². The van der Waals surface area contributed by atoms with Gasteiger partial charge >= 0.3 is 0 Å². The highest BCUT2D eigenvalue weighted by atomic mass is 28.3. The van der Waals surface area contributed by atoms with Gasteiger partial charge in [0.2, 0.25) is 9.04 Å². The normalized spacial score (nSPS) is 28.2. The van der Waals surface area contributed by atoms with E-state index in [4.69, 9.17) is 13.9 Å². The molecule has 0 aliphatic carbocycles. The number of rotatable bonds is 6. The van der Waals surface area contributed by atoms with E-state index in [0.29, 0.717) is 24.4 Å². The summed E-state index contributed by atoms with van der Waals surface area (Å²) < 4.78 is 18.4. The highest BCUT2D eigenvalue weighted by molar-refractivity contribution is 6.70. The molecule has 2 saturated heterocycles. The van der Waals surface area contributed by atoms with Crippen LogP contribution in [-0.4, -0.2) is 68.3 Å². The van der Waals surface area contributed by atoms with E-state index in [1.165, 1.54) is 5.19 Å². The Morgan fingerprint density at radius 3 is 2.53 bits per heavy atom. The van der Waals surface area contributed by atoms with E-state index in [9.17, 15) is 9.90 Å². The Morgan fingerprint density at radius 2 is 1.83 bits per heavy atom. The first-order chi connectivity index (χ1) is 17.3. The maximum Gasteiger partial charge on any atom is 0.256 e. The van der Waals surface area contributed by atoms with Crippen LogP contribution in [0.4, 0.5) is 0 Å². The number of benzene rings is 2. The number of epoxide rings is 1. The molecule has 2 N–H and O–H groups in total. The predicted molar refractivity (Wildman–Crippen MR) is 139 cm³/mol. The fourth-order valence-corrected chi connectivity index (χ4v) is 7.30. The number of hydrogen-bond donors (Lipinski definition) is 2. The second-order valence-corrected chi connectivity index (χ2v) is 13.9. The Morgan fingerprint density at radius 1 is 1.14 bits per heavy atom. The number of nitrogens with one attached hydrogen (secondary N) is 1. The van der Waals surface area contributed by atoms with Gasteiger partial charge in [-0.25, -0.2) is 4.99 Å². The van der Waals surface area contributed by atoms with Crippen LogP contribution in [0, 0.1) is 0 Å². The third-order valence-corrected chi connectivity index (χ3v) is 9.63. The van der Waals surface area contributed by atoms with Gasteiger partial charge in [-0.1, -0.05) is 69.3 Å². The third-order valence-electron chi connectivity index (χ3n) is 6.54. The minimum absolute atomic E-state index is 0.0187. The highest BCUT2D eigenvalue weighted by Gasteiger charge is 2.50. The van der Waals surface area contributed by atoms with Crippen LogP contribution in [0.3, 0.4) is 0 Å². The Hall–Kier alpha value is -2.82. The van der Waals surface area contributed by atoms with Gasteiger partial charge in [0.1, 0.15) is 18.2 Å². The van der Waals surface area contributed by atoms with Crippen molar-refractivity contribution in [3.05, 3.63) is 78.5 Å². The number of aliphatic hydroxyl groups excluding tert-OH is 1. The standard InChI is InChI=1S/C27H33N3O5Si/c1-27(2,3)36(19-12-8-5-9-13-19)33-17-21-20(31)16-23(34-21)30-15-14-22(29-25-26(30)35-25)28-24(32)18-10-6-4-7-11-18/h4-15,20-21,23,25-26,31,36H,16-17H2,1-3H3,(H,28,29,32). The summed E-state index contributed by atoms with van der Waals surface area (Å²) in [5, 5.41) is 14.9. The lowest BCUT2D eigenvalue weighted by molar-refractivity contribution is -0.0712. The van der Waals surface area contributed by atoms with Crippen LogP contribution in [-0.2, 0) is 13.9 Å². The molecule has 6 atom stereocenters. The van der Waals surface area contributed by atoms with Crippen LogP contribution in [0.25, 0.3) is 0 Å². The quantitative estimate of drug-likeness (QED) is 0.460. The largest absolute Gasteiger partial charge is 0.412 e. The Kier molecular flexibility index (Phi) is 7.09. The molecular formula is C27H33N3O5Si. The number of amidine groups is 1. The molecular weight excluding hydrogens is 474 g/mol. The Bertz CT molecular complexity index is 1120. The van der Waals surface area contributed by atoms with Crippen molar-refractivity contribution in [3.8, 4) is 0 Å². The second kappa shape index (κ2) is 10.3. The fourth-order valence-electron chi connectivity index (χ4n) is 4.66. The molecule has 5 rings (SSSR count). The number of amides is 1. The molecule has 0 radical (unpaired) electrons. The Labute approximate surface area is 213 Å². The lowest BCUT2D eigenvalue weighted by atomic mass is 10.2. The average Bonchev–Trinajstić information content (AvgIpc) is 3.54. The first kappa shape index (κ1) is 24.9. The monoisotopic (exact) mass is 507 g/mol. The molecule has 9 heteroatoms. The van der Waals surface area contributed by atoms with E-state index in [2.05, 4.69) is 43.2 Å². The smallest absolute Gasteiger partial charge is 0.256 e. The molecule has 1 amide bonds. The number of aliphatic hydroxyl groups is 1. The molecule has 8 nitrogen and oxygen atoms in total.